The van der Waals surface area contributed by atoms with Crippen LogP contribution in [0.15, 0.2) is 12.2 Å². The number of rotatable bonds is 8. The number of hydrogen-bond donors (Lipinski definition) is 0. The number of ether oxygens (including phenoxy) is 3. The summed E-state index contributed by atoms with van der Waals surface area (Å²) < 4.78 is 15.5. The SMILES string of the molecule is C=C(C)C(=O)OOC(C)OC(C)OC(=O)OC(C)(C)CC(C)(C)C. The minimum Gasteiger partial charge on any atom is -0.428 e. The van der Waals surface area contributed by atoms with E-state index in [-0.39, 0.29) is 11.0 Å². The topological polar surface area (TPSA) is 80.3 Å². The van der Waals surface area contributed by atoms with E-state index in [9.17, 15) is 9.59 Å². The van der Waals surface area contributed by atoms with E-state index in [1.807, 2.05) is 13.8 Å². The van der Waals surface area contributed by atoms with E-state index in [0.29, 0.717) is 6.42 Å². The summed E-state index contributed by atoms with van der Waals surface area (Å²) in [4.78, 5) is 32.2. The van der Waals surface area contributed by atoms with Crippen molar-refractivity contribution in [2.75, 3.05) is 0 Å². The summed E-state index contributed by atoms with van der Waals surface area (Å²) in [6.45, 7) is 17.7. The molecule has 0 aliphatic rings. The average molecular weight is 346 g/mol. The maximum Gasteiger partial charge on any atom is 0.511 e. The molecule has 0 aromatic heterocycles. The van der Waals surface area contributed by atoms with E-state index >= 15 is 0 Å². The van der Waals surface area contributed by atoms with Gasteiger partial charge in [0.05, 0.1) is 0 Å². The van der Waals surface area contributed by atoms with Gasteiger partial charge in [0, 0.05) is 5.57 Å². The molecule has 7 nitrogen and oxygen atoms in total. The van der Waals surface area contributed by atoms with Crippen molar-refractivity contribution in [3.8, 4) is 0 Å². The minimum absolute atomic E-state index is 0.00140. The number of hydrogen-bond acceptors (Lipinski definition) is 7. The molecule has 0 heterocycles. The molecule has 0 saturated carbocycles. The third kappa shape index (κ3) is 11.0. The van der Waals surface area contributed by atoms with Gasteiger partial charge in [0.15, 0.2) is 0 Å². The fraction of sp³-hybridized carbons (Fsp3) is 0.765. The van der Waals surface area contributed by atoms with Crippen LogP contribution in [-0.4, -0.2) is 30.3 Å². The molecule has 0 aromatic rings. The van der Waals surface area contributed by atoms with Gasteiger partial charge in [0.2, 0.25) is 12.6 Å². The summed E-state index contributed by atoms with van der Waals surface area (Å²) in [5.74, 6) is -0.706. The first-order chi connectivity index (χ1) is 10.7. The lowest BCUT2D eigenvalue weighted by Crippen LogP contribution is -2.35. The van der Waals surface area contributed by atoms with Gasteiger partial charge in [-0.05, 0) is 46.5 Å². The lowest BCUT2D eigenvalue weighted by molar-refractivity contribution is -0.364. The van der Waals surface area contributed by atoms with Crippen LogP contribution in [0.2, 0.25) is 0 Å². The minimum atomic E-state index is -0.943. The highest BCUT2D eigenvalue weighted by atomic mass is 17.2. The van der Waals surface area contributed by atoms with E-state index < -0.39 is 30.3 Å². The highest BCUT2D eigenvalue weighted by Crippen LogP contribution is 2.29. The fourth-order valence-electron chi connectivity index (χ4n) is 2.20. The van der Waals surface area contributed by atoms with Gasteiger partial charge in [-0.15, -0.1) is 0 Å². The van der Waals surface area contributed by atoms with Crippen LogP contribution in [0.1, 0.15) is 61.8 Å². The number of carbonyl (C=O) groups is 2. The molecule has 0 rings (SSSR count). The van der Waals surface area contributed by atoms with Crippen LogP contribution in [-0.2, 0) is 28.8 Å². The second-order valence-electron chi connectivity index (χ2n) is 7.49. The van der Waals surface area contributed by atoms with Crippen molar-refractivity contribution >= 4 is 12.1 Å². The van der Waals surface area contributed by atoms with Gasteiger partial charge in [0.25, 0.3) is 0 Å². The summed E-state index contributed by atoms with van der Waals surface area (Å²) in [6, 6.07) is 0. The Hall–Kier alpha value is -1.60. The second-order valence-corrected chi connectivity index (χ2v) is 7.49. The van der Waals surface area contributed by atoms with Crippen molar-refractivity contribution < 1.29 is 33.6 Å². The van der Waals surface area contributed by atoms with Gasteiger partial charge in [0.1, 0.15) is 5.60 Å². The van der Waals surface area contributed by atoms with Crippen molar-refractivity contribution in [1.29, 1.82) is 0 Å². The van der Waals surface area contributed by atoms with Gasteiger partial charge in [-0.25, -0.2) is 9.59 Å². The Balaban J connectivity index is 4.26. The second kappa shape index (κ2) is 9.03. The Bertz CT molecular complexity index is 448. The van der Waals surface area contributed by atoms with Crippen LogP contribution < -0.4 is 0 Å². The zero-order chi connectivity index (χ0) is 19.1. The zero-order valence-corrected chi connectivity index (χ0v) is 15.9. The third-order valence-corrected chi connectivity index (χ3v) is 2.57. The van der Waals surface area contributed by atoms with E-state index in [1.165, 1.54) is 20.8 Å². The molecule has 0 radical (unpaired) electrons. The highest BCUT2D eigenvalue weighted by molar-refractivity contribution is 5.86. The molecule has 0 aromatic carbocycles. The molecule has 24 heavy (non-hydrogen) atoms. The quantitative estimate of drug-likeness (QED) is 0.215. The van der Waals surface area contributed by atoms with E-state index in [1.54, 1.807) is 0 Å². The Labute approximate surface area is 144 Å². The maximum absolute atomic E-state index is 11.8. The highest BCUT2D eigenvalue weighted by Gasteiger charge is 2.30. The Kier molecular flexibility index (Phi) is 8.43. The molecular weight excluding hydrogens is 316 g/mol. The molecule has 0 saturated heterocycles. The predicted octanol–water partition coefficient (Wildman–Crippen LogP) is 4.11. The van der Waals surface area contributed by atoms with Gasteiger partial charge in [-0.2, -0.15) is 4.89 Å². The average Bonchev–Trinajstić information content (AvgIpc) is 2.30. The molecule has 140 valence electrons. The molecule has 2 unspecified atom stereocenters. The van der Waals surface area contributed by atoms with Gasteiger partial charge < -0.3 is 14.2 Å². The molecule has 2 atom stereocenters. The van der Waals surface area contributed by atoms with Crippen molar-refractivity contribution in [1.82, 2.24) is 0 Å². The van der Waals surface area contributed by atoms with Gasteiger partial charge >= 0.3 is 12.1 Å². The summed E-state index contributed by atoms with van der Waals surface area (Å²) in [5, 5.41) is 0. The normalized spacial score (nSPS) is 14.5. The van der Waals surface area contributed by atoms with Gasteiger partial charge in [-0.3, -0.25) is 4.89 Å². The first-order valence-electron chi connectivity index (χ1n) is 7.80. The monoisotopic (exact) mass is 346 g/mol. The van der Waals surface area contributed by atoms with E-state index in [2.05, 4.69) is 32.2 Å². The molecule has 0 bridgehead atoms. The van der Waals surface area contributed by atoms with Crippen LogP contribution >= 0.6 is 0 Å². The molecule has 0 N–H and O–H groups in total. The Morgan fingerprint density at radius 1 is 1.04 bits per heavy atom. The third-order valence-electron chi connectivity index (χ3n) is 2.57. The maximum atomic E-state index is 11.8. The first kappa shape index (κ1) is 22.4. The van der Waals surface area contributed by atoms with Crippen molar-refractivity contribution in [2.24, 2.45) is 5.41 Å². The molecule has 0 fully saturated rings. The van der Waals surface area contributed by atoms with Crippen LogP contribution in [0.3, 0.4) is 0 Å². The van der Waals surface area contributed by atoms with E-state index in [4.69, 9.17) is 19.1 Å². The van der Waals surface area contributed by atoms with Crippen molar-refractivity contribution in [3.05, 3.63) is 12.2 Å². The van der Waals surface area contributed by atoms with Crippen LogP contribution in [0.25, 0.3) is 0 Å². The first-order valence-corrected chi connectivity index (χ1v) is 7.80. The van der Waals surface area contributed by atoms with E-state index in [0.717, 1.165) is 0 Å². The summed E-state index contributed by atoms with van der Waals surface area (Å²) in [5.41, 5.74) is -0.480. The standard InChI is InChI=1S/C17H30O7/c1-11(2)14(18)24-23-13(4)20-12(3)21-15(19)22-17(8,9)10-16(5,6)7/h12-13H,1,10H2,2-9H3. The molecule has 7 heteroatoms. The molecular formula is C17H30O7. The van der Waals surface area contributed by atoms with Crippen LogP contribution in [0.5, 0.6) is 0 Å². The summed E-state index contributed by atoms with van der Waals surface area (Å²) >= 11 is 0. The summed E-state index contributed by atoms with van der Waals surface area (Å²) in [6.07, 6.45) is -2.05. The largest absolute Gasteiger partial charge is 0.511 e. The fourth-order valence-corrected chi connectivity index (χ4v) is 2.20. The molecule has 0 spiro atoms. The lowest BCUT2D eigenvalue weighted by atomic mass is 9.84. The van der Waals surface area contributed by atoms with Crippen LogP contribution in [0, 0.1) is 5.41 Å². The van der Waals surface area contributed by atoms with Gasteiger partial charge in [-0.1, -0.05) is 27.4 Å². The Morgan fingerprint density at radius 3 is 2.04 bits per heavy atom. The molecule has 0 aliphatic heterocycles. The summed E-state index contributed by atoms with van der Waals surface area (Å²) in [7, 11) is 0. The van der Waals surface area contributed by atoms with Crippen molar-refractivity contribution in [2.45, 2.75) is 80.0 Å². The van der Waals surface area contributed by atoms with Crippen molar-refractivity contribution in [3.63, 3.8) is 0 Å². The lowest BCUT2D eigenvalue weighted by Gasteiger charge is -2.32. The smallest absolute Gasteiger partial charge is 0.428 e. The molecule has 0 amide bonds. The predicted molar refractivity (Wildman–Crippen MR) is 87.7 cm³/mol. The molecule has 0 aliphatic carbocycles. The number of carbonyl (C=O) groups excluding carboxylic acids is 2. The zero-order valence-electron chi connectivity index (χ0n) is 15.9. The van der Waals surface area contributed by atoms with Crippen LogP contribution in [0.4, 0.5) is 4.79 Å². The Morgan fingerprint density at radius 2 is 1.58 bits per heavy atom.